The van der Waals surface area contributed by atoms with Crippen molar-refractivity contribution in [2.45, 2.75) is 45.3 Å². The molecule has 2 rings (SSSR count). The van der Waals surface area contributed by atoms with E-state index in [0.29, 0.717) is 12.1 Å². The average molecular weight is 304 g/mol. The average Bonchev–Trinajstić information content (AvgIpc) is 2.45. The van der Waals surface area contributed by atoms with Crippen LogP contribution in [-0.2, 0) is 4.74 Å². The van der Waals surface area contributed by atoms with E-state index in [2.05, 4.69) is 5.32 Å². The lowest BCUT2D eigenvalue weighted by Crippen LogP contribution is -2.50. The normalized spacial score (nSPS) is 18.7. The molecule has 5 nitrogen and oxygen atoms in total. The van der Waals surface area contributed by atoms with Gasteiger partial charge in [0.05, 0.1) is 0 Å². The number of rotatable bonds is 2. The maximum Gasteiger partial charge on any atom is 0.407 e. The van der Waals surface area contributed by atoms with E-state index in [1.54, 1.807) is 4.90 Å². The molecule has 0 aromatic heterocycles. The van der Waals surface area contributed by atoms with Gasteiger partial charge in [-0.05, 0) is 45.7 Å². The summed E-state index contributed by atoms with van der Waals surface area (Å²) in [5.74, 6) is 0.0105. The molecule has 0 spiro atoms. The summed E-state index contributed by atoms with van der Waals surface area (Å²) in [7, 11) is 0. The van der Waals surface area contributed by atoms with Gasteiger partial charge in [-0.1, -0.05) is 18.2 Å². The first-order valence-electron chi connectivity index (χ1n) is 7.69. The number of ether oxygens (including phenoxy) is 1. The molecule has 1 aliphatic heterocycles. The molecule has 0 aliphatic carbocycles. The minimum atomic E-state index is -0.516. The number of carbonyl (C=O) groups excluding carboxylic acids is 2. The zero-order chi connectivity index (χ0) is 16.2. The van der Waals surface area contributed by atoms with E-state index < -0.39 is 11.7 Å². The van der Waals surface area contributed by atoms with Gasteiger partial charge in [0, 0.05) is 24.7 Å². The zero-order valence-electron chi connectivity index (χ0n) is 13.5. The molecule has 1 heterocycles. The van der Waals surface area contributed by atoms with Crippen LogP contribution in [0.25, 0.3) is 0 Å². The second kappa shape index (κ2) is 6.81. The van der Waals surface area contributed by atoms with Crippen molar-refractivity contribution < 1.29 is 14.3 Å². The first kappa shape index (κ1) is 16.3. The monoisotopic (exact) mass is 304 g/mol. The van der Waals surface area contributed by atoms with Crippen molar-refractivity contribution in [2.24, 2.45) is 0 Å². The fourth-order valence-electron chi connectivity index (χ4n) is 2.52. The zero-order valence-corrected chi connectivity index (χ0v) is 13.5. The van der Waals surface area contributed by atoms with Crippen LogP contribution in [0.2, 0.25) is 0 Å². The van der Waals surface area contributed by atoms with E-state index >= 15 is 0 Å². The van der Waals surface area contributed by atoms with Crippen molar-refractivity contribution in [3.8, 4) is 0 Å². The highest BCUT2D eigenvalue weighted by Crippen LogP contribution is 2.15. The number of hydrogen-bond donors (Lipinski definition) is 1. The Hall–Kier alpha value is -2.04. The SMILES string of the molecule is CC(C)(C)OC(=O)NC1CCCN(C(=O)c2ccccc2)C1. The Labute approximate surface area is 131 Å². The third-order valence-corrected chi connectivity index (χ3v) is 3.45. The van der Waals surface area contributed by atoms with Crippen LogP contribution < -0.4 is 5.32 Å². The fourth-order valence-corrected chi connectivity index (χ4v) is 2.52. The number of nitrogens with zero attached hydrogens (tertiary/aromatic N) is 1. The van der Waals surface area contributed by atoms with Crippen molar-refractivity contribution in [1.29, 1.82) is 0 Å². The summed E-state index contributed by atoms with van der Waals surface area (Å²) in [6.45, 7) is 6.74. The lowest BCUT2D eigenvalue weighted by Gasteiger charge is -2.33. The van der Waals surface area contributed by atoms with Crippen molar-refractivity contribution >= 4 is 12.0 Å². The topological polar surface area (TPSA) is 58.6 Å². The minimum absolute atomic E-state index is 0.0105. The van der Waals surface area contributed by atoms with E-state index in [1.807, 2.05) is 51.1 Å². The highest BCUT2D eigenvalue weighted by atomic mass is 16.6. The molecule has 2 amide bonds. The Morgan fingerprint density at radius 3 is 2.55 bits per heavy atom. The quantitative estimate of drug-likeness (QED) is 0.914. The van der Waals surface area contributed by atoms with Crippen LogP contribution in [0.1, 0.15) is 44.0 Å². The Kier molecular flexibility index (Phi) is 5.06. The summed E-state index contributed by atoms with van der Waals surface area (Å²) in [5, 5.41) is 2.86. The number of piperidine rings is 1. The predicted octanol–water partition coefficient (Wildman–Crippen LogP) is 2.82. The lowest BCUT2D eigenvalue weighted by molar-refractivity contribution is 0.0452. The molecule has 1 atom stereocenters. The molecule has 0 saturated carbocycles. The molecular weight excluding hydrogens is 280 g/mol. The van der Waals surface area contributed by atoms with E-state index in [0.717, 1.165) is 19.4 Å². The molecule has 22 heavy (non-hydrogen) atoms. The maximum atomic E-state index is 12.4. The Bertz CT molecular complexity index is 522. The molecule has 1 saturated heterocycles. The van der Waals surface area contributed by atoms with Gasteiger partial charge in [-0.2, -0.15) is 0 Å². The standard InChI is InChI=1S/C17H24N2O3/c1-17(2,3)22-16(21)18-14-10-7-11-19(12-14)15(20)13-8-5-4-6-9-13/h4-6,8-9,14H,7,10-12H2,1-3H3,(H,18,21). The second-order valence-electron chi connectivity index (χ2n) is 6.60. The van der Waals surface area contributed by atoms with E-state index in [9.17, 15) is 9.59 Å². The third kappa shape index (κ3) is 4.76. The van der Waals surface area contributed by atoms with Crippen LogP contribution in [0.5, 0.6) is 0 Å². The van der Waals surface area contributed by atoms with Crippen molar-refractivity contribution in [1.82, 2.24) is 10.2 Å². The van der Waals surface area contributed by atoms with Gasteiger partial charge in [-0.15, -0.1) is 0 Å². The number of carbonyl (C=O) groups is 2. The van der Waals surface area contributed by atoms with Gasteiger partial charge in [0.15, 0.2) is 0 Å². The Morgan fingerprint density at radius 1 is 1.23 bits per heavy atom. The Balaban J connectivity index is 1.92. The van der Waals surface area contributed by atoms with E-state index in [4.69, 9.17) is 4.74 Å². The summed E-state index contributed by atoms with van der Waals surface area (Å²) in [6.07, 6.45) is 1.31. The molecule has 1 N–H and O–H groups in total. The van der Waals surface area contributed by atoms with Crippen molar-refractivity contribution in [3.63, 3.8) is 0 Å². The lowest BCUT2D eigenvalue weighted by atomic mass is 10.0. The highest BCUT2D eigenvalue weighted by molar-refractivity contribution is 5.94. The van der Waals surface area contributed by atoms with Gasteiger partial charge >= 0.3 is 6.09 Å². The molecule has 5 heteroatoms. The number of amides is 2. The number of nitrogens with one attached hydrogen (secondary N) is 1. The van der Waals surface area contributed by atoms with Crippen molar-refractivity contribution in [2.75, 3.05) is 13.1 Å². The van der Waals surface area contributed by atoms with Crippen LogP contribution in [0.3, 0.4) is 0 Å². The summed E-state index contributed by atoms with van der Waals surface area (Å²) in [5.41, 5.74) is 0.165. The minimum Gasteiger partial charge on any atom is -0.444 e. The van der Waals surface area contributed by atoms with Gasteiger partial charge in [0.1, 0.15) is 5.60 Å². The molecule has 1 aliphatic rings. The number of likely N-dealkylation sites (tertiary alicyclic amines) is 1. The Morgan fingerprint density at radius 2 is 1.91 bits per heavy atom. The van der Waals surface area contributed by atoms with Crippen LogP contribution in [-0.4, -0.2) is 41.6 Å². The smallest absolute Gasteiger partial charge is 0.407 e. The summed E-state index contributed by atoms with van der Waals surface area (Å²) >= 11 is 0. The maximum absolute atomic E-state index is 12.4. The first-order valence-corrected chi connectivity index (χ1v) is 7.69. The van der Waals surface area contributed by atoms with Gasteiger partial charge in [-0.25, -0.2) is 4.79 Å². The van der Waals surface area contributed by atoms with Crippen LogP contribution in [0, 0.1) is 0 Å². The summed E-state index contributed by atoms with van der Waals surface area (Å²) in [6, 6.07) is 9.16. The molecule has 0 radical (unpaired) electrons. The number of benzene rings is 1. The van der Waals surface area contributed by atoms with E-state index in [-0.39, 0.29) is 11.9 Å². The third-order valence-electron chi connectivity index (χ3n) is 3.45. The molecule has 1 aromatic rings. The van der Waals surface area contributed by atoms with Crippen LogP contribution in [0.15, 0.2) is 30.3 Å². The first-order chi connectivity index (χ1) is 10.3. The van der Waals surface area contributed by atoms with Crippen LogP contribution in [0.4, 0.5) is 4.79 Å². The molecular formula is C17H24N2O3. The molecule has 1 unspecified atom stereocenters. The molecule has 120 valence electrons. The van der Waals surface area contributed by atoms with Crippen molar-refractivity contribution in [3.05, 3.63) is 35.9 Å². The van der Waals surface area contributed by atoms with Gasteiger partial charge < -0.3 is 15.0 Å². The van der Waals surface area contributed by atoms with E-state index in [1.165, 1.54) is 0 Å². The largest absolute Gasteiger partial charge is 0.444 e. The fraction of sp³-hybridized carbons (Fsp3) is 0.529. The molecule has 1 aromatic carbocycles. The van der Waals surface area contributed by atoms with Gasteiger partial charge in [0.2, 0.25) is 0 Å². The van der Waals surface area contributed by atoms with Gasteiger partial charge in [0.25, 0.3) is 5.91 Å². The molecule has 0 bridgehead atoms. The highest BCUT2D eigenvalue weighted by Gasteiger charge is 2.27. The van der Waals surface area contributed by atoms with Gasteiger partial charge in [-0.3, -0.25) is 4.79 Å². The predicted molar refractivity (Wildman–Crippen MR) is 84.7 cm³/mol. The second-order valence-corrected chi connectivity index (χ2v) is 6.60. The molecule has 1 fully saturated rings. The summed E-state index contributed by atoms with van der Waals surface area (Å²) in [4.78, 5) is 26.1. The van der Waals surface area contributed by atoms with Crippen LogP contribution >= 0.6 is 0 Å². The number of hydrogen-bond acceptors (Lipinski definition) is 3. The summed E-state index contributed by atoms with van der Waals surface area (Å²) < 4.78 is 5.27. The number of alkyl carbamates (subject to hydrolysis) is 1.